The first-order chi connectivity index (χ1) is 10.2. The van der Waals surface area contributed by atoms with Gasteiger partial charge in [0.1, 0.15) is 6.04 Å². The summed E-state index contributed by atoms with van der Waals surface area (Å²) in [6, 6.07) is 7.46. The Hall–Kier alpha value is -1.88. The van der Waals surface area contributed by atoms with E-state index in [0.29, 0.717) is 11.8 Å². The van der Waals surface area contributed by atoms with Crippen LogP contribution in [-0.2, 0) is 4.79 Å². The number of hydrogen-bond donors (Lipinski definition) is 3. The second kappa shape index (κ2) is 7.94. The fraction of sp³-hybridized carbons (Fsp3) is 0.529. The average Bonchev–Trinajstić information content (AvgIpc) is 2.43. The van der Waals surface area contributed by atoms with Gasteiger partial charge in [0.05, 0.1) is 0 Å². The third-order valence-corrected chi connectivity index (χ3v) is 3.86. The van der Waals surface area contributed by atoms with Gasteiger partial charge in [0.2, 0.25) is 0 Å². The SMILES string of the molecule is CC(C)c1ccc([C@H]([NH2+][C@H](C)C(=O)NC(N)=O)C(C)C)cc1. The molecule has 1 aromatic rings. The van der Waals surface area contributed by atoms with Gasteiger partial charge in [-0.15, -0.1) is 0 Å². The van der Waals surface area contributed by atoms with Crippen LogP contribution in [0.15, 0.2) is 24.3 Å². The van der Waals surface area contributed by atoms with Crippen molar-refractivity contribution in [2.45, 2.75) is 52.6 Å². The monoisotopic (exact) mass is 306 g/mol. The Labute approximate surface area is 132 Å². The number of urea groups is 1. The summed E-state index contributed by atoms with van der Waals surface area (Å²) in [4.78, 5) is 22.6. The predicted molar refractivity (Wildman–Crippen MR) is 87.2 cm³/mol. The molecule has 0 aliphatic carbocycles. The number of benzene rings is 1. The fourth-order valence-electron chi connectivity index (χ4n) is 2.46. The van der Waals surface area contributed by atoms with Gasteiger partial charge in [-0.1, -0.05) is 52.0 Å². The van der Waals surface area contributed by atoms with Gasteiger partial charge in [-0.3, -0.25) is 10.1 Å². The highest BCUT2D eigenvalue weighted by Gasteiger charge is 2.26. The maximum Gasteiger partial charge on any atom is 0.319 e. The lowest BCUT2D eigenvalue weighted by Gasteiger charge is -2.23. The lowest BCUT2D eigenvalue weighted by Crippen LogP contribution is -2.93. The van der Waals surface area contributed by atoms with E-state index in [1.807, 2.05) is 5.32 Å². The summed E-state index contributed by atoms with van der Waals surface area (Å²) in [7, 11) is 0. The van der Waals surface area contributed by atoms with Crippen molar-refractivity contribution in [1.82, 2.24) is 5.32 Å². The summed E-state index contributed by atoms with van der Waals surface area (Å²) in [5, 5.41) is 4.11. The molecule has 0 saturated heterocycles. The molecule has 0 fully saturated rings. The zero-order valence-corrected chi connectivity index (χ0v) is 14.1. The molecule has 0 unspecified atom stereocenters. The van der Waals surface area contributed by atoms with Crippen LogP contribution in [0, 0.1) is 5.92 Å². The Morgan fingerprint density at radius 2 is 1.50 bits per heavy atom. The molecule has 5 heteroatoms. The van der Waals surface area contributed by atoms with E-state index < -0.39 is 6.03 Å². The van der Waals surface area contributed by atoms with Crippen molar-refractivity contribution in [3.8, 4) is 0 Å². The van der Waals surface area contributed by atoms with Crippen molar-refractivity contribution in [2.24, 2.45) is 11.7 Å². The standard InChI is InChI=1S/C17H27N3O2/c1-10(2)13-6-8-14(9-7-13)15(11(3)4)19-12(5)16(21)20-17(18)22/h6-12,15,19H,1-5H3,(H3,18,20,21,22)/p+1/t12-,15-/m1/s1. The van der Waals surface area contributed by atoms with E-state index in [4.69, 9.17) is 5.73 Å². The van der Waals surface area contributed by atoms with E-state index in [1.165, 1.54) is 11.1 Å². The van der Waals surface area contributed by atoms with Gasteiger partial charge in [0.15, 0.2) is 6.04 Å². The predicted octanol–water partition coefficient (Wildman–Crippen LogP) is 1.65. The number of quaternary nitrogens is 1. The zero-order chi connectivity index (χ0) is 16.9. The van der Waals surface area contributed by atoms with Crippen molar-refractivity contribution < 1.29 is 14.9 Å². The van der Waals surface area contributed by atoms with Gasteiger partial charge < -0.3 is 11.1 Å². The highest BCUT2D eigenvalue weighted by molar-refractivity contribution is 5.95. The molecule has 22 heavy (non-hydrogen) atoms. The molecule has 0 spiro atoms. The topological polar surface area (TPSA) is 88.8 Å². The Bertz CT molecular complexity index is 509. The Morgan fingerprint density at radius 3 is 1.91 bits per heavy atom. The molecule has 3 amide bonds. The first-order valence-corrected chi connectivity index (χ1v) is 7.77. The van der Waals surface area contributed by atoms with Crippen molar-refractivity contribution in [2.75, 3.05) is 0 Å². The maximum absolute atomic E-state index is 11.8. The number of nitrogens with one attached hydrogen (secondary N) is 1. The minimum atomic E-state index is -0.812. The molecule has 5 nitrogen and oxygen atoms in total. The molecule has 1 aromatic carbocycles. The van der Waals surface area contributed by atoms with E-state index in [0.717, 1.165) is 0 Å². The largest absolute Gasteiger partial charge is 0.351 e. The number of carbonyl (C=O) groups is 2. The number of amides is 3. The molecule has 0 heterocycles. The number of imide groups is 1. The number of nitrogens with two attached hydrogens (primary N) is 2. The number of primary amides is 1. The van der Waals surface area contributed by atoms with E-state index in [9.17, 15) is 9.59 Å². The molecule has 0 saturated carbocycles. The highest BCUT2D eigenvalue weighted by atomic mass is 16.2. The lowest BCUT2D eigenvalue weighted by molar-refractivity contribution is -0.719. The first-order valence-electron chi connectivity index (χ1n) is 7.77. The number of rotatable bonds is 6. The maximum atomic E-state index is 11.8. The van der Waals surface area contributed by atoms with Crippen LogP contribution in [0.2, 0.25) is 0 Å². The third-order valence-electron chi connectivity index (χ3n) is 3.86. The minimum absolute atomic E-state index is 0.148. The summed E-state index contributed by atoms with van der Waals surface area (Å²) in [6.07, 6.45) is 0. The summed E-state index contributed by atoms with van der Waals surface area (Å²) >= 11 is 0. The van der Waals surface area contributed by atoms with Crippen molar-refractivity contribution >= 4 is 11.9 Å². The molecule has 0 bridgehead atoms. The molecule has 0 radical (unpaired) electrons. The number of carbonyl (C=O) groups excluding carboxylic acids is 2. The normalized spacial score (nSPS) is 14.0. The van der Waals surface area contributed by atoms with Gasteiger partial charge in [0.25, 0.3) is 5.91 Å². The van der Waals surface area contributed by atoms with Crippen LogP contribution in [0.5, 0.6) is 0 Å². The molecule has 5 N–H and O–H groups in total. The second-order valence-corrected chi connectivity index (χ2v) is 6.43. The van der Waals surface area contributed by atoms with Gasteiger partial charge in [0, 0.05) is 11.5 Å². The zero-order valence-electron chi connectivity index (χ0n) is 14.1. The number of hydrogen-bond acceptors (Lipinski definition) is 2. The van der Waals surface area contributed by atoms with Crippen LogP contribution in [0.4, 0.5) is 4.79 Å². The van der Waals surface area contributed by atoms with Crippen LogP contribution in [0.1, 0.15) is 57.7 Å². The van der Waals surface area contributed by atoms with Gasteiger partial charge >= 0.3 is 6.03 Å². The highest BCUT2D eigenvalue weighted by Crippen LogP contribution is 2.21. The summed E-state index contributed by atoms with van der Waals surface area (Å²) in [5.41, 5.74) is 7.47. The average molecular weight is 306 g/mol. The molecule has 0 aromatic heterocycles. The van der Waals surface area contributed by atoms with Crippen LogP contribution in [0.3, 0.4) is 0 Å². The molecular weight excluding hydrogens is 278 g/mol. The van der Waals surface area contributed by atoms with E-state index in [-0.39, 0.29) is 18.0 Å². The van der Waals surface area contributed by atoms with E-state index in [2.05, 4.69) is 57.3 Å². The van der Waals surface area contributed by atoms with E-state index in [1.54, 1.807) is 6.92 Å². The molecular formula is C17H28N3O2+. The summed E-state index contributed by atoms with van der Waals surface area (Å²) in [5.74, 6) is 0.487. The van der Waals surface area contributed by atoms with E-state index >= 15 is 0 Å². The Morgan fingerprint density at radius 1 is 1.00 bits per heavy atom. The van der Waals surface area contributed by atoms with Gasteiger partial charge in [-0.25, -0.2) is 4.79 Å². The smallest absolute Gasteiger partial charge is 0.319 e. The van der Waals surface area contributed by atoms with Crippen molar-refractivity contribution in [1.29, 1.82) is 0 Å². The van der Waals surface area contributed by atoms with Gasteiger partial charge in [-0.2, -0.15) is 0 Å². The molecule has 0 aliphatic rings. The Balaban J connectivity index is 2.85. The summed E-state index contributed by atoms with van der Waals surface area (Å²) in [6.45, 7) is 10.3. The van der Waals surface area contributed by atoms with Crippen molar-refractivity contribution in [3.63, 3.8) is 0 Å². The molecule has 2 atom stereocenters. The lowest BCUT2D eigenvalue weighted by atomic mass is 9.93. The van der Waals surface area contributed by atoms with Crippen LogP contribution >= 0.6 is 0 Å². The quantitative estimate of drug-likeness (QED) is 0.746. The van der Waals surface area contributed by atoms with Crippen LogP contribution in [0.25, 0.3) is 0 Å². The summed E-state index contributed by atoms with van der Waals surface area (Å²) < 4.78 is 0. The third kappa shape index (κ3) is 5.15. The van der Waals surface area contributed by atoms with Crippen LogP contribution < -0.4 is 16.4 Å². The molecule has 122 valence electrons. The van der Waals surface area contributed by atoms with Crippen molar-refractivity contribution in [3.05, 3.63) is 35.4 Å². The first kappa shape index (κ1) is 18.2. The minimum Gasteiger partial charge on any atom is -0.351 e. The molecule has 0 aliphatic heterocycles. The second-order valence-electron chi connectivity index (χ2n) is 6.43. The molecule has 1 rings (SSSR count). The Kier molecular flexibility index (Phi) is 6.56. The van der Waals surface area contributed by atoms with Crippen LogP contribution in [-0.4, -0.2) is 18.0 Å². The van der Waals surface area contributed by atoms with Gasteiger partial charge in [-0.05, 0) is 18.4 Å². The fourth-order valence-corrected chi connectivity index (χ4v) is 2.46.